The van der Waals surface area contributed by atoms with Crippen LogP contribution in [0.2, 0.25) is 5.02 Å². The Kier molecular flexibility index (Phi) is 12.3. The zero-order chi connectivity index (χ0) is 36.7. The Labute approximate surface area is 301 Å². The summed E-state index contributed by atoms with van der Waals surface area (Å²) in [5, 5.41) is 18.7. The molecular formula is C38H44ClFN6O5. The van der Waals surface area contributed by atoms with Gasteiger partial charge in [-0.1, -0.05) is 41.9 Å². The molecule has 4 aromatic rings. The summed E-state index contributed by atoms with van der Waals surface area (Å²) in [7, 11) is 0. The number of carbonyl (C=O) groups excluding carboxylic acids is 4. The Morgan fingerprint density at radius 1 is 0.961 bits per heavy atom. The normalized spacial score (nSPS) is 16.5. The van der Waals surface area contributed by atoms with Crippen LogP contribution in [-0.2, 0) is 20.7 Å². The molecule has 5 rings (SSSR count). The summed E-state index contributed by atoms with van der Waals surface area (Å²) in [6.07, 6.45) is 3.59. The van der Waals surface area contributed by atoms with E-state index in [0.717, 1.165) is 29.5 Å². The first-order valence-corrected chi connectivity index (χ1v) is 17.6. The fourth-order valence-electron chi connectivity index (χ4n) is 6.21. The van der Waals surface area contributed by atoms with Crippen molar-refractivity contribution in [3.8, 4) is 11.1 Å². The van der Waals surface area contributed by atoms with E-state index in [1.807, 2.05) is 38.1 Å². The van der Waals surface area contributed by atoms with Gasteiger partial charge >= 0.3 is 6.09 Å². The number of H-pyrrole nitrogens is 1. The first-order valence-electron chi connectivity index (χ1n) is 17.2. The van der Waals surface area contributed by atoms with E-state index in [2.05, 4.69) is 31.5 Å². The fraction of sp³-hybridized carbons (Fsp3) is 0.395. The molecule has 1 heterocycles. The summed E-state index contributed by atoms with van der Waals surface area (Å²) in [5.74, 6) is -1.55. The maximum Gasteiger partial charge on any atom is 0.407 e. The second-order valence-corrected chi connectivity index (χ2v) is 14.0. The van der Waals surface area contributed by atoms with Crippen molar-refractivity contribution in [3.63, 3.8) is 0 Å². The predicted octanol–water partition coefficient (Wildman–Crippen LogP) is 6.77. The minimum Gasteiger partial charge on any atom is -0.447 e. The Morgan fingerprint density at radius 2 is 1.69 bits per heavy atom. The van der Waals surface area contributed by atoms with E-state index in [-0.39, 0.29) is 47.9 Å². The van der Waals surface area contributed by atoms with Crippen molar-refractivity contribution in [1.82, 2.24) is 26.1 Å². The van der Waals surface area contributed by atoms with Gasteiger partial charge in [0.2, 0.25) is 11.8 Å². The third-order valence-corrected chi connectivity index (χ3v) is 9.17. The SMILES string of the molecule is CC(C)NC(=O)c1ccc(-c2ccc(C[C@H](NC(=O)C3CCC(CNC(=O)OC(C)C)CC3)C(=O)Nc3cc(F)c4cn[nH]c4c3)cc2)c(Cl)c1. The number of benzene rings is 3. The van der Waals surface area contributed by atoms with Crippen LogP contribution in [0.4, 0.5) is 14.9 Å². The highest BCUT2D eigenvalue weighted by molar-refractivity contribution is 6.33. The van der Waals surface area contributed by atoms with Crippen LogP contribution in [0.25, 0.3) is 22.0 Å². The highest BCUT2D eigenvalue weighted by Gasteiger charge is 2.30. The lowest BCUT2D eigenvalue weighted by Gasteiger charge is -2.29. The number of rotatable bonds is 12. The number of nitrogens with one attached hydrogen (secondary N) is 5. The quantitative estimate of drug-likeness (QED) is 0.109. The Bertz CT molecular complexity index is 1870. The lowest BCUT2D eigenvalue weighted by molar-refractivity contribution is -0.130. The van der Waals surface area contributed by atoms with Crippen LogP contribution in [0.5, 0.6) is 0 Å². The lowest BCUT2D eigenvalue weighted by atomic mass is 9.81. The van der Waals surface area contributed by atoms with E-state index < -0.39 is 23.9 Å². The molecule has 0 spiro atoms. The van der Waals surface area contributed by atoms with Crippen molar-refractivity contribution in [2.24, 2.45) is 11.8 Å². The van der Waals surface area contributed by atoms with Gasteiger partial charge in [0.05, 0.1) is 23.2 Å². The molecule has 13 heteroatoms. The summed E-state index contributed by atoms with van der Waals surface area (Å²) in [4.78, 5) is 51.6. The first kappa shape index (κ1) is 37.3. The molecule has 3 aromatic carbocycles. The van der Waals surface area contributed by atoms with Crippen LogP contribution in [0.3, 0.4) is 0 Å². The van der Waals surface area contributed by atoms with E-state index >= 15 is 0 Å². The molecular weight excluding hydrogens is 675 g/mol. The number of fused-ring (bicyclic) bond motifs is 1. The van der Waals surface area contributed by atoms with Crippen LogP contribution < -0.4 is 21.3 Å². The second kappa shape index (κ2) is 16.8. The largest absolute Gasteiger partial charge is 0.447 e. The molecule has 1 atom stereocenters. The summed E-state index contributed by atoms with van der Waals surface area (Å²) in [6.45, 7) is 7.82. The third-order valence-electron chi connectivity index (χ3n) is 8.86. The van der Waals surface area contributed by atoms with Gasteiger partial charge in [0.1, 0.15) is 11.9 Å². The van der Waals surface area contributed by atoms with Crippen LogP contribution >= 0.6 is 11.6 Å². The molecule has 0 saturated heterocycles. The highest BCUT2D eigenvalue weighted by Crippen LogP contribution is 2.31. The minimum atomic E-state index is -0.962. The Balaban J connectivity index is 1.27. The average Bonchev–Trinajstić information content (AvgIpc) is 3.56. The Morgan fingerprint density at radius 3 is 2.35 bits per heavy atom. The summed E-state index contributed by atoms with van der Waals surface area (Å²) in [6, 6.07) is 14.4. The molecule has 270 valence electrons. The molecule has 0 unspecified atom stereocenters. The zero-order valence-corrected chi connectivity index (χ0v) is 29.9. The fourth-order valence-corrected chi connectivity index (χ4v) is 6.50. The van der Waals surface area contributed by atoms with Gasteiger partial charge in [-0.2, -0.15) is 5.10 Å². The maximum atomic E-state index is 14.7. The lowest BCUT2D eigenvalue weighted by Crippen LogP contribution is -2.48. The van der Waals surface area contributed by atoms with Crippen LogP contribution in [0, 0.1) is 17.7 Å². The molecule has 0 radical (unpaired) electrons. The molecule has 1 fully saturated rings. The summed E-state index contributed by atoms with van der Waals surface area (Å²) in [5.41, 5.74) is 3.45. The van der Waals surface area contributed by atoms with E-state index in [0.29, 0.717) is 40.9 Å². The predicted molar refractivity (Wildman–Crippen MR) is 195 cm³/mol. The van der Waals surface area contributed by atoms with E-state index in [1.54, 1.807) is 38.1 Å². The number of carbonyl (C=O) groups is 4. The van der Waals surface area contributed by atoms with Crippen LogP contribution in [0.15, 0.2) is 60.8 Å². The number of amides is 4. The Hall–Kier alpha value is -4.97. The number of aromatic amines is 1. The van der Waals surface area contributed by atoms with Crippen LogP contribution in [0.1, 0.15) is 69.3 Å². The first-order chi connectivity index (χ1) is 24.4. The van der Waals surface area contributed by atoms with Crippen molar-refractivity contribution in [2.75, 3.05) is 11.9 Å². The number of hydrogen-bond donors (Lipinski definition) is 5. The zero-order valence-electron chi connectivity index (χ0n) is 29.1. The van der Waals surface area contributed by atoms with Gasteiger partial charge in [0, 0.05) is 46.8 Å². The molecule has 0 aliphatic heterocycles. The number of nitrogens with zero attached hydrogens (tertiary/aromatic N) is 1. The molecule has 1 aromatic heterocycles. The van der Waals surface area contributed by atoms with Gasteiger partial charge in [-0.15, -0.1) is 0 Å². The topological polar surface area (TPSA) is 154 Å². The number of aromatic nitrogens is 2. The van der Waals surface area contributed by atoms with Gasteiger partial charge in [0.15, 0.2) is 0 Å². The van der Waals surface area contributed by atoms with Crippen LogP contribution in [-0.4, -0.2) is 58.7 Å². The van der Waals surface area contributed by atoms with Crippen molar-refractivity contribution in [1.29, 1.82) is 0 Å². The van der Waals surface area contributed by atoms with Gasteiger partial charge in [-0.25, -0.2) is 9.18 Å². The van der Waals surface area contributed by atoms with Gasteiger partial charge in [0.25, 0.3) is 5.91 Å². The molecule has 0 bridgehead atoms. The number of halogens is 2. The van der Waals surface area contributed by atoms with Gasteiger partial charge in [-0.05, 0) is 94.7 Å². The van der Waals surface area contributed by atoms with E-state index in [1.165, 1.54) is 12.3 Å². The number of alkyl carbamates (subject to hydrolysis) is 1. The van der Waals surface area contributed by atoms with Crippen molar-refractivity contribution in [2.45, 2.75) is 78.0 Å². The molecule has 5 N–H and O–H groups in total. The summed E-state index contributed by atoms with van der Waals surface area (Å²) < 4.78 is 19.8. The minimum absolute atomic E-state index is 0.00817. The highest BCUT2D eigenvalue weighted by atomic mass is 35.5. The number of hydrogen-bond acceptors (Lipinski definition) is 6. The molecule has 4 amide bonds. The van der Waals surface area contributed by atoms with Crippen molar-refractivity contribution >= 4 is 52.0 Å². The summed E-state index contributed by atoms with van der Waals surface area (Å²) >= 11 is 6.58. The second-order valence-electron chi connectivity index (χ2n) is 13.6. The third kappa shape index (κ3) is 10.1. The van der Waals surface area contributed by atoms with E-state index in [4.69, 9.17) is 16.3 Å². The number of ether oxygens (including phenoxy) is 1. The van der Waals surface area contributed by atoms with Gasteiger partial charge in [-0.3, -0.25) is 19.5 Å². The molecule has 11 nitrogen and oxygen atoms in total. The maximum absolute atomic E-state index is 14.7. The van der Waals surface area contributed by atoms with Gasteiger partial charge < -0.3 is 26.0 Å². The molecule has 1 aliphatic carbocycles. The molecule has 51 heavy (non-hydrogen) atoms. The smallest absolute Gasteiger partial charge is 0.407 e. The molecule has 1 aliphatic rings. The van der Waals surface area contributed by atoms with Crippen molar-refractivity contribution < 1.29 is 28.3 Å². The standard InChI is InChI=1S/C38H44ClFN6O5/c1-21(2)43-36(48)27-13-14-29(31(39)16-27)25-9-5-23(6-10-25)15-34(37(49)44-28-17-32(40)30-20-42-46-33(30)18-28)45-35(47)26-11-7-24(8-12-26)19-41-38(50)51-22(3)4/h5-6,9-10,13-14,16-18,20-22,24,26,34H,7-8,11-12,15,19H2,1-4H3,(H,41,50)(H,42,46)(H,43,48)(H,44,49)(H,45,47)/t24?,26?,34-/m0/s1. The van der Waals surface area contributed by atoms with Crippen molar-refractivity contribution in [3.05, 3.63) is 82.8 Å². The number of anilines is 1. The van der Waals surface area contributed by atoms with E-state index in [9.17, 15) is 23.6 Å². The average molecular weight is 719 g/mol. The molecule has 1 saturated carbocycles. The monoisotopic (exact) mass is 718 g/mol.